The largest absolute Gasteiger partial charge is 0.495 e. The van der Waals surface area contributed by atoms with Gasteiger partial charge in [-0.05, 0) is 49.2 Å². The molecule has 0 aliphatic carbocycles. The molecular weight excluding hydrogens is 420 g/mol. The molecular formula is C22H21ClN4O2S. The van der Waals surface area contributed by atoms with Crippen LogP contribution in [0.4, 0.5) is 5.69 Å². The topological polar surface area (TPSA) is 68.5 Å². The van der Waals surface area contributed by atoms with Gasteiger partial charge in [-0.1, -0.05) is 48.5 Å². The summed E-state index contributed by atoms with van der Waals surface area (Å²) in [5.41, 5.74) is 3.56. The summed E-state index contributed by atoms with van der Waals surface area (Å²) in [6, 6.07) is 15.3. The van der Waals surface area contributed by atoms with Gasteiger partial charge in [0.15, 0.2) is 10.8 Å². The summed E-state index contributed by atoms with van der Waals surface area (Å²) >= 11 is 7.58. The van der Waals surface area contributed by atoms with Crippen molar-refractivity contribution in [2.45, 2.75) is 30.7 Å². The van der Waals surface area contributed by atoms with E-state index in [1.165, 1.54) is 11.8 Å². The average molecular weight is 441 g/mol. The summed E-state index contributed by atoms with van der Waals surface area (Å²) in [6.07, 6.45) is 0.638. The van der Waals surface area contributed by atoms with Crippen LogP contribution in [0.2, 0.25) is 5.02 Å². The predicted molar refractivity (Wildman–Crippen MR) is 122 cm³/mol. The summed E-state index contributed by atoms with van der Waals surface area (Å²) < 4.78 is 7.17. The molecule has 30 heavy (non-hydrogen) atoms. The number of carbonyl (C=O) groups excluding carboxylic acids is 1. The fourth-order valence-corrected chi connectivity index (χ4v) is 4.60. The molecule has 4 aromatic rings. The van der Waals surface area contributed by atoms with Crippen LogP contribution >= 0.6 is 23.4 Å². The van der Waals surface area contributed by atoms with Gasteiger partial charge in [-0.3, -0.25) is 9.20 Å². The van der Waals surface area contributed by atoms with Crippen molar-refractivity contribution in [1.82, 2.24) is 14.6 Å². The molecule has 0 fully saturated rings. The minimum Gasteiger partial charge on any atom is -0.495 e. The van der Waals surface area contributed by atoms with Gasteiger partial charge in [-0.25, -0.2) is 0 Å². The highest BCUT2D eigenvalue weighted by Gasteiger charge is 2.22. The van der Waals surface area contributed by atoms with Crippen LogP contribution in [-0.4, -0.2) is 32.9 Å². The minimum absolute atomic E-state index is 0.114. The number of aryl methyl sites for hydroxylation is 1. The third-order valence-electron chi connectivity index (χ3n) is 4.90. The van der Waals surface area contributed by atoms with E-state index < -0.39 is 0 Å². The molecule has 1 atom stereocenters. The molecule has 1 unspecified atom stereocenters. The zero-order chi connectivity index (χ0) is 21.3. The Bertz CT molecular complexity index is 1240. The molecule has 1 amide bonds. The van der Waals surface area contributed by atoms with Crippen LogP contribution in [0.1, 0.15) is 18.9 Å². The standard InChI is InChI=1S/C22H21ClN4O2S/c1-4-19(21(28)24-14-9-10-18(29-3)16(23)12-14)30-22-26-25-20-11-13(2)15-7-5-6-8-17(15)27(20)22/h5-12,19H,4H2,1-3H3,(H,24,28). The summed E-state index contributed by atoms with van der Waals surface area (Å²) in [7, 11) is 1.55. The number of rotatable bonds is 6. The van der Waals surface area contributed by atoms with Gasteiger partial charge in [-0.15, -0.1) is 10.2 Å². The molecule has 0 saturated heterocycles. The highest BCUT2D eigenvalue weighted by molar-refractivity contribution is 8.00. The van der Waals surface area contributed by atoms with Crippen LogP contribution in [0.3, 0.4) is 0 Å². The molecule has 1 N–H and O–H groups in total. The number of pyridine rings is 1. The highest BCUT2D eigenvalue weighted by atomic mass is 35.5. The lowest BCUT2D eigenvalue weighted by Crippen LogP contribution is -2.24. The zero-order valence-electron chi connectivity index (χ0n) is 16.8. The van der Waals surface area contributed by atoms with E-state index in [1.54, 1.807) is 25.3 Å². The molecule has 0 radical (unpaired) electrons. The molecule has 0 aliphatic heterocycles. The number of amides is 1. The van der Waals surface area contributed by atoms with E-state index in [0.29, 0.717) is 28.0 Å². The Labute approximate surface area is 183 Å². The van der Waals surface area contributed by atoms with E-state index in [1.807, 2.05) is 35.6 Å². The Morgan fingerprint density at radius 1 is 1.23 bits per heavy atom. The minimum atomic E-state index is -0.335. The van der Waals surface area contributed by atoms with Gasteiger partial charge >= 0.3 is 0 Å². The summed E-state index contributed by atoms with van der Waals surface area (Å²) in [5, 5.41) is 13.6. The van der Waals surface area contributed by atoms with Crippen molar-refractivity contribution in [3.63, 3.8) is 0 Å². The van der Waals surface area contributed by atoms with Crippen LogP contribution in [0.5, 0.6) is 5.75 Å². The van der Waals surface area contributed by atoms with Gasteiger partial charge in [0.1, 0.15) is 5.75 Å². The lowest BCUT2D eigenvalue weighted by atomic mass is 10.1. The monoisotopic (exact) mass is 440 g/mol. The predicted octanol–water partition coefficient (Wildman–Crippen LogP) is 5.36. The first-order valence-corrected chi connectivity index (χ1v) is 10.8. The van der Waals surface area contributed by atoms with Gasteiger partial charge in [0.25, 0.3) is 0 Å². The third kappa shape index (κ3) is 3.82. The maximum Gasteiger partial charge on any atom is 0.237 e. The summed E-state index contributed by atoms with van der Waals surface area (Å²) in [5.74, 6) is 0.449. The van der Waals surface area contributed by atoms with Crippen molar-refractivity contribution in [3.05, 3.63) is 59.1 Å². The Balaban J connectivity index is 1.62. The van der Waals surface area contributed by atoms with Crippen molar-refractivity contribution in [2.75, 3.05) is 12.4 Å². The van der Waals surface area contributed by atoms with E-state index in [9.17, 15) is 4.79 Å². The third-order valence-corrected chi connectivity index (χ3v) is 6.51. The van der Waals surface area contributed by atoms with Crippen LogP contribution in [0, 0.1) is 6.92 Å². The average Bonchev–Trinajstić information content (AvgIpc) is 3.14. The Morgan fingerprint density at radius 3 is 2.77 bits per heavy atom. The Morgan fingerprint density at radius 2 is 2.03 bits per heavy atom. The van der Waals surface area contributed by atoms with Crippen LogP contribution in [-0.2, 0) is 4.79 Å². The fourth-order valence-electron chi connectivity index (χ4n) is 3.37. The van der Waals surface area contributed by atoms with Gasteiger partial charge in [0.05, 0.1) is 22.9 Å². The maximum atomic E-state index is 12.9. The second kappa shape index (κ2) is 8.53. The first-order chi connectivity index (χ1) is 14.5. The zero-order valence-corrected chi connectivity index (χ0v) is 18.4. The van der Waals surface area contributed by atoms with E-state index in [0.717, 1.165) is 22.1 Å². The SMILES string of the molecule is CCC(Sc1nnc2cc(C)c3ccccc3n12)C(=O)Nc1ccc(OC)c(Cl)c1. The number of para-hydroxylation sites is 1. The smallest absolute Gasteiger partial charge is 0.237 e. The van der Waals surface area contributed by atoms with Gasteiger partial charge < -0.3 is 10.1 Å². The first-order valence-electron chi connectivity index (χ1n) is 9.56. The Kier molecular flexibility index (Phi) is 5.83. The Hall–Kier alpha value is -2.77. The number of nitrogens with one attached hydrogen (secondary N) is 1. The van der Waals surface area contributed by atoms with Gasteiger partial charge in [0.2, 0.25) is 5.91 Å². The normalized spacial score (nSPS) is 12.3. The van der Waals surface area contributed by atoms with Crippen molar-refractivity contribution in [3.8, 4) is 5.75 Å². The number of halogens is 1. The fraction of sp³-hybridized carbons (Fsp3) is 0.227. The first kappa shape index (κ1) is 20.5. The molecule has 0 spiro atoms. The number of aromatic nitrogens is 3. The number of methoxy groups -OCH3 is 1. The second-order valence-corrected chi connectivity index (χ2v) is 8.45. The van der Waals surface area contributed by atoms with E-state index in [4.69, 9.17) is 16.3 Å². The van der Waals surface area contributed by atoms with Crippen LogP contribution in [0.15, 0.2) is 53.7 Å². The van der Waals surface area contributed by atoms with Crippen molar-refractivity contribution in [2.24, 2.45) is 0 Å². The van der Waals surface area contributed by atoms with E-state index >= 15 is 0 Å². The molecule has 0 bridgehead atoms. The molecule has 2 aromatic carbocycles. The number of thioether (sulfide) groups is 1. The number of hydrogen-bond donors (Lipinski definition) is 1. The number of benzene rings is 2. The van der Waals surface area contributed by atoms with Crippen LogP contribution in [0.25, 0.3) is 16.6 Å². The molecule has 2 aromatic heterocycles. The molecule has 154 valence electrons. The van der Waals surface area contributed by atoms with E-state index in [2.05, 4.69) is 28.5 Å². The quantitative estimate of drug-likeness (QED) is 0.408. The van der Waals surface area contributed by atoms with Gasteiger partial charge in [-0.2, -0.15) is 0 Å². The molecule has 0 saturated carbocycles. The summed E-state index contributed by atoms with van der Waals surface area (Å²) in [4.78, 5) is 12.9. The number of nitrogens with zero attached hydrogens (tertiary/aromatic N) is 3. The number of carbonyl (C=O) groups is 1. The number of fused-ring (bicyclic) bond motifs is 3. The molecule has 8 heteroatoms. The van der Waals surface area contributed by atoms with Crippen molar-refractivity contribution in [1.29, 1.82) is 0 Å². The molecule has 6 nitrogen and oxygen atoms in total. The summed E-state index contributed by atoms with van der Waals surface area (Å²) in [6.45, 7) is 4.04. The molecule has 4 rings (SSSR count). The number of hydrogen-bond acceptors (Lipinski definition) is 5. The number of anilines is 1. The maximum absolute atomic E-state index is 12.9. The van der Waals surface area contributed by atoms with Crippen LogP contribution < -0.4 is 10.1 Å². The molecule has 2 heterocycles. The van der Waals surface area contributed by atoms with Crippen molar-refractivity contribution >= 4 is 51.5 Å². The second-order valence-electron chi connectivity index (χ2n) is 6.87. The highest BCUT2D eigenvalue weighted by Crippen LogP contribution is 2.31. The van der Waals surface area contributed by atoms with E-state index in [-0.39, 0.29) is 11.2 Å². The van der Waals surface area contributed by atoms with Gasteiger partial charge in [0, 0.05) is 11.1 Å². The lowest BCUT2D eigenvalue weighted by Gasteiger charge is -2.15. The lowest BCUT2D eigenvalue weighted by molar-refractivity contribution is -0.115. The van der Waals surface area contributed by atoms with Crippen molar-refractivity contribution < 1.29 is 9.53 Å². The number of ether oxygens (including phenoxy) is 1. The molecule has 0 aliphatic rings.